The number of nitrogens with zero attached hydrogens (tertiary/aromatic N) is 3. The first-order valence-electron chi connectivity index (χ1n) is 7.85. The molecule has 9 heteroatoms. The van der Waals surface area contributed by atoms with Gasteiger partial charge in [-0.2, -0.15) is 5.10 Å². The molecule has 26 heavy (non-hydrogen) atoms. The molecule has 0 radical (unpaired) electrons. The summed E-state index contributed by atoms with van der Waals surface area (Å²) in [5.41, 5.74) is 2.09. The summed E-state index contributed by atoms with van der Waals surface area (Å²) in [7, 11) is 0. The van der Waals surface area contributed by atoms with Crippen LogP contribution in [0, 0.1) is 0 Å². The van der Waals surface area contributed by atoms with E-state index in [0.29, 0.717) is 34.4 Å². The van der Waals surface area contributed by atoms with E-state index < -0.39 is 19.1 Å². The fourth-order valence-corrected chi connectivity index (χ4v) is 2.73. The molecule has 6 nitrogen and oxygen atoms in total. The monoisotopic (exact) mass is 367 g/mol. The number of benzene rings is 1. The Morgan fingerprint density at radius 1 is 1.19 bits per heavy atom. The van der Waals surface area contributed by atoms with Crippen LogP contribution in [0.2, 0.25) is 0 Å². The molecule has 2 N–H and O–H groups in total. The van der Waals surface area contributed by atoms with Crippen molar-refractivity contribution < 1.29 is 28.1 Å². The summed E-state index contributed by atoms with van der Waals surface area (Å²) in [6.45, 7) is 1.44. The van der Waals surface area contributed by atoms with Crippen LogP contribution in [0.5, 0.6) is 5.75 Å². The molecule has 0 fully saturated rings. The number of pyridine rings is 1. The van der Waals surface area contributed by atoms with E-state index in [1.165, 1.54) is 35.1 Å². The summed E-state index contributed by atoms with van der Waals surface area (Å²) in [5, 5.41) is 24.4. The molecule has 0 saturated carbocycles. The van der Waals surface area contributed by atoms with Crippen molar-refractivity contribution in [3.05, 3.63) is 47.8 Å². The number of aliphatic hydroxyl groups excluding tert-OH is 2. The molecule has 1 unspecified atom stereocenters. The van der Waals surface area contributed by atoms with Crippen LogP contribution in [0.15, 0.2) is 36.5 Å². The summed E-state index contributed by atoms with van der Waals surface area (Å²) < 4.78 is 42.2. The predicted molar refractivity (Wildman–Crippen MR) is 87.0 cm³/mol. The van der Waals surface area contributed by atoms with Gasteiger partial charge in [-0.3, -0.25) is 0 Å². The van der Waals surface area contributed by atoms with Gasteiger partial charge in [0.2, 0.25) is 0 Å². The zero-order valence-corrected chi connectivity index (χ0v) is 13.7. The number of aromatic nitrogens is 3. The van der Waals surface area contributed by atoms with Crippen LogP contribution >= 0.6 is 0 Å². The molecular weight excluding hydrogens is 351 g/mol. The lowest BCUT2D eigenvalue weighted by atomic mass is 10.1. The summed E-state index contributed by atoms with van der Waals surface area (Å²) in [5.74, 6) is -0.335. The van der Waals surface area contributed by atoms with Crippen molar-refractivity contribution in [1.82, 2.24) is 14.8 Å². The minimum Gasteiger partial charge on any atom is -0.406 e. The van der Waals surface area contributed by atoms with Crippen LogP contribution in [0.25, 0.3) is 16.7 Å². The number of fused-ring (bicyclic) bond motifs is 1. The van der Waals surface area contributed by atoms with E-state index in [9.17, 15) is 23.4 Å². The molecular formula is C17H16F3N3O3. The van der Waals surface area contributed by atoms with E-state index in [1.807, 2.05) is 6.92 Å². The van der Waals surface area contributed by atoms with E-state index in [1.54, 1.807) is 6.07 Å². The zero-order valence-electron chi connectivity index (χ0n) is 13.7. The smallest absolute Gasteiger partial charge is 0.406 e. The molecule has 2 heterocycles. The summed E-state index contributed by atoms with van der Waals surface area (Å²) in [4.78, 5) is 4.28. The van der Waals surface area contributed by atoms with Gasteiger partial charge >= 0.3 is 6.36 Å². The first-order valence-corrected chi connectivity index (χ1v) is 7.85. The van der Waals surface area contributed by atoms with E-state index in [4.69, 9.17) is 0 Å². The van der Waals surface area contributed by atoms with Crippen molar-refractivity contribution in [1.29, 1.82) is 0 Å². The molecule has 0 aliphatic rings. The fraction of sp³-hybridized carbons (Fsp3) is 0.294. The molecule has 0 aliphatic carbocycles. The fourth-order valence-electron chi connectivity index (χ4n) is 2.73. The van der Waals surface area contributed by atoms with Gasteiger partial charge in [-0.1, -0.05) is 6.92 Å². The zero-order chi connectivity index (χ0) is 18.9. The van der Waals surface area contributed by atoms with Gasteiger partial charge in [0.15, 0.2) is 5.65 Å². The molecule has 0 bridgehead atoms. The number of hydrogen-bond donors (Lipinski definition) is 2. The maximum Gasteiger partial charge on any atom is 0.573 e. The van der Waals surface area contributed by atoms with E-state index in [0.717, 1.165) is 0 Å². The Bertz CT molecular complexity index is 907. The van der Waals surface area contributed by atoms with Gasteiger partial charge in [-0.25, -0.2) is 9.67 Å². The minimum atomic E-state index is -4.76. The molecule has 1 aromatic carbocycles. The minimum absolute atomic E-state index is 0.335. The first-order chi connectivity index (χ1) is 12.3. The lowest BCUT2D eigenvalue weighted by Crippen LogP contribution is -2.17. The largest absolute Gasteiger partial charge is 0.573 e. The molecule has 2 aromatic heterocycles. The Morgan fingerprint density at radius 2 is 1.88 bits per heavy atom. The number of rotatable bonds is 5. The van der Waals surface area contributed by atoms with Gasteiger partial charge in [0.05, 0.1) is 18.0 Å². The number of halogens is 3. The average molecular weight is 367 g/mol. The van der Waals surface area contributed by atoms with Crippen molar-refractivity contribution in [3.63, 3.8) is 0 Å². The van der Waals surface area contributed by atoms with E-state index in [-0.39, 0.29) is 5.75 Å². The van der Waals surface area contributed by atoms with E-state index in [2.05, 4.69) is 14.8 Å². The Labute approximate surface area is 146 Å². The van der Waals surface area contributed by atoms with Crippen LogP contribution in [-0.4, -0.2) is 37.9 Å². The highest BCUT2D eigenvalue weighted by Crippen LogP contribution is 2.29. The molecule has 1 atom stereocenters. The second-order valence-electron chi connectivity index (χ2n) is 5.55. The summed E-state index contributed by atoms with van der Waals surface area (Å²) in [6, 6.07) is 6.85. The van der Waals surface area contributed by atoms with Crippen molar-refractivity contribution in [3.8, 4) is 11.4 Å². The van der Waals surface area contributed by atoms with Gasteiger partial charge < -0.3 is 14.9 Å². The quantitative estimate of drug-likeness (QED) is 0.725. The van der Waals surface area contributed by atoms with Crippen LogP contribution < -0.4 is 4.74 Å². The standard InChI is InChI=1S/C17H16F3N3O3/c1-2-13-15-12(14(25)9-24)7-8-21-16(15)23(22-13)10-3-5-11(6-4-10)26-17(18,19)20/h3-8,14,24-25H,2,9H2,1H3. The highest BCUT2D eigenvalue weighted by atomic mass is 19.4. The summed E-state index contributed by atoms with van der Waals surface area (Å²) >= 11 is 0. The molecule has 0 spiro atoms. The Balaban J connectivity index is 2.08. The van der Waals surface area contributed by atoms with Gasteiger partial charge in [0.25, 0.3) is 0 Å². The molecule has 138 valence electrons. The Hall–Kier alpha value is -2.65. The predicted octanol–water partition coefficient (Wildman–Crippen LogP) is 2.91. The molecule has 3 aromatic rings. The normalized spacial score (nSPS) is 13.2. The third kappa shape index (κ3) is 3.49. The van der Waals surface area contributed by atoms with Crippen LogP contribution in [0.3, 0.4) is 0 Å². The number of aliphatic hydroxyl groups is 2. The van der Waals surface area contributed by atoms with E-state index >= 15 is 0 Å². The number of ether oxygens (including phenoxy) is 1. The Kier molecular flexibility index (Phi) is 4.84. The molecule has 0 aliphatic heterocycles. The lowest BCUT2D eigenvalue weighted by molar-refractivity contribution is -0.274. The molecule has 0 amide bonds. The van der Waals surface area contributed by atoms with Crippen molar-refractivity contribution >= 4 is 11.0 Å². The van der Waals surface area contributed by atoms with Crippen LogP contribution in [-0.2, 0) is 6.42 Å². The van der Waals surface area contributed by atoms with Crippen LogP contribution in [0.1, 0.15) is 24.3 Å². The van der Waals surface area contributed by atoms with Gasteiger partial charge in [0, 0.05) is 11.6 Å². The first kappa shape index (κ1) is 18.2. The average Bonchev–Trinajstić information content (AvgIpc) is 2.99. The number of hydrogen-bond acceptors (Lipinski definition) is 5. The highest BCUT2D eigenvalue weighted by molar-refractivity contribution is 5.84. The van der Waals surface area contributed by atoms with Gasteiger partial charge in [-0.15, -0.1) is 13.2 Å². The maximum absolute atomic E-state index is 12.3. The third-order valence-corrected chi connectivity index (χ3v) is 3.85. The van der Waals surface area contributed by atoms with Crippen molar-refractivity contribution in [2.75, 3.05) is 6.61 Å². The van der Waals surface area contributed by atoms with Crippen molar-refractivity contribution in [2.45, 2.75) is 25.8 Å². The van der Waals surface area contributed by atoms with Gasteiger partial charge in [-0.05, 0) is 42.3 Å². The molecule has 3 rings (SSSR count). The Morgan fingerprint density at radius 3 is 2.46 bits per heavy atom. The number of aryl methyl sites for hydroxylation is 1. The second kappa shape index (κ2) is 6.93. The lowest BCUT2D eigenvalue weighted by Gasteiger charge is -2.10. The SMILES string of the molecule is CCc1nn(-c2ccc(OC(F)(F)F)cc2)c2nccc(C(O)CO)c12. The molecule has 0 saturated heterocycles. The van der Waals surface area contributed by atoms with Gasteiger partial charge in [0.1, 0.15) is 11.9 Å². The highest BCUT2D eigenvalue weighted by Gasteiger charge is 2.31. The maximum atomic E-state index is 12.3. The number of alkyl halides is 3. The van der Waals surface area contributed by atoms with Crippen molar-refractivity contribution in [2.24, 2.45) is 0 Å². The van der Waals surface area contributed by atoms with Crippen LogP contribution in [0.4, 0.5) is 13.2 Å². The summed E-state index contributed by atoms with van der Waals surface area (Å²) in [6.07, 6.45) is -3.80. The third-order valence-electron chi connectivity index (χ3n) is 3.85. The second-order valence-corrected chi connectivity index (χ2v) is 5.55. The topological polar surface area (TPSA) is 80.4 Å².